The predicted molar refractivity (Wildman–Crippen MR) is 56.1 cm³/mol. The van der Waals surface area contributed by atoms with E-state index in [0.717, 1.165) is 11.6 Å². The first-order valence-corrected chi connectivity index (χ1v) is 4.64. The molecular formula is C11H9FN2O2. The number of hydrogen-bond donors (Lipinski definition) is 1. The Balaban J connectivity index is 2.33. The maximum Gasteiger partial charge on any atom is 0.254 e. The highest BCUT2D eigenvalue weighted by Gasteiger charge is 2.05. The van der Waals surface area contributed by atoms with Crippen LogP contribution in [0.3, 0.4) is 0 Å². The number of aromatic nitrogens is 2. The van der Waals surface area contributed by atoms with Gasteiger partial charge in [-0.3, -0.25) is 4.79 Å². The lowest BCUT2D eigenvalue weighted by molar-refractivity contribution is 0.425. The van der Waals surface area contributed by atoms with E-state index in [-0.39, 0.29) is 17.2 Å². The molecule has 0 aliphatic carbocycles. The lowest BCUT2D eigenvalue weighted by Gasteiger charge is -2.05. The van der Waals surface area contributed by atoms with Crippen molar-refractivity contribution in [1.82, 2.24) is 9.97 Å². The minimum atomic E-state index is -0.493. The molecule has 1 aromatic carbocycles. The van der Waals surface area contributed by atoms with Gasteiger partial charge in [-0.1, -0.05) is 6.07 Å². The summed E-state index contributed by atoms with van der Waals surface area (Å²) in [5.74, 6) is -0.376. The summed E-state index contributed by atoms with van der Waals surface area (Å²) in [6.45, 7) is 1.82. The lowest BCUT2D eigenvalue weighted by atomic mass is 10.2. The molecule has 0 unspecified atom stereocenters. The highest BCUT2D eigenvalue weighted by atomic mass is 19.1. The Morgan fingerprint density at radius 2 is 2.19 bits per heavy atom. The number of aromatic amines is 1. The lowest BCUT2D eigenvalue weighted by Crippen LogP contribution is -2.04. The number of ether oxygens (including phenoxy) is 1. The third-order valence-electron chi connectivity index (χ3n) is 1.95. The van der Waals surface area contributed by atoms with Crippen LogP contribution in [0.1, 0.15) is 5.56 Å². The second-order valence-corrected chi connectivity index (χ2v) is 3.29. The minimum Gasteiger partial charge on any atom is -0.436 e. The zero-order chi connectivity index (χ0) is 11.5. The van der Waals surface area contributed by atoms with Crippen LogP contribution in [-0.4, -0.2) is 9.97 Å². The first-order chi connectivity index (χ1) is 7.65. The van der Waals surface area contributed by atoms with Crippen LogP contribution >= 0.6 is 0 Å². The number of nitrogens with one attached hydrogen (secondary N) is 1. The molecule has 1 N–H and O–H groups in total. The van der Waals surface area contributed by atoms with E-state index in [0.29, 0.717) is 0 Å². The van der Waals surface area contributed by atoms with Gasteiger partial charge >= 0.3 is 0 Å². The number of rotatable bonds is 2. The molecule has 0 bridgehead atoms. The van der Waals surface area contributed by atoms with Gasteiger partial charge in [0.2, 0.25) is 5.88 Å². The normalized spacial score (nSPS) is 10.1. The molecule has 0 radical (unpaired) electrons. The van der Waals surface area contributed by atoms with Crippen molar-refractivity contribution >= 4 is 0 Å². The highest BCUT2D eigenvalue weighted by Crippen LogP contribution is 2.22. The summed E-state index contributed by atoms with van der Waals surface area (Å²) in [6.07, 6.45) is 1.20. The van der Waals surface area contributed by atoms with E-state index in [1.165, 1.54) is 18.5 Å². The molecule has 0 saturated carbocycles. The van der Waals surface area contributed by atoms with Crippen molar-refractivity contribution in [3.63, 3.8) is 0 Å². The monoisotopic (exact) mass is 220 g/mol. The van der Waals surface area contributed by atoms with E-state index >= 15 is 0 Å². The largest absolute Gasteiger partial charge is 0.436 e. The molecule has 0 saturated heterocycles. The summed E-state index contributed by atoms with van der Waals surface area (Å²) in [6, 6.07) is 5.63. The first kappa shape index (κ1) is 10.4. The van der Waals surface area contributed by atoms with Crippen molar-refractivity contribution in [1.29, 1.82) is 0 Å². The van der Waals surface area contributed by atoms with E-state index < -0.39 is 5.82 Å². The maximum absolute atomic E-state index is 13.3. The van der Waals surface area contributed by atoms with Gasteiger partial charge < -0.3 is 9.72 Å². The Labute approximate surface area is 90.7 Å². The van der Waals surface area contributed by atoms with Gasteiger partial charge in [0.05, 0.1) is 12.4 Å². The second kappa shape index (κ2) is 4.14. The standard InChI is InChI=1S/C11H9FN2O2/c1-7-2-3-8(12)9(4-7)16-11-5-10(15)13-6-14-11/h2-6H,1H3,(H,13,14,15). The predicted octanol–water partition coefficient (Wildman–Crippen LogP) is 2.01. The molecule has 1 aromatic heterocycles. The zero-order valence-corrected chi connectivity index (χ0v) is 8.53. The summed E-state index contributed by atoms with van der Waals surface area (Å²) in [7, 11) is 0. The molecule has 0 aliphatic rings. The Morgan fingerprint density at radius 3 is 2.94 bits per heavy atom. The minimum absolute atomic E-state index is 0.0538. The van der Waals surface area contributed by atoms with Crippen molar-refractivity contribution < 1.29 is 9.13 Å². The molecule has 0 aliphatic heterocycles. The van der Waals surface area contributed by atoms with E-state index in [1.807, 2.05) is 6.92 Å². The third kappa shape index (κ3) is 2.25. The Kier molecular flexibility index (Phi) is 2.68. The Bertz CT molecular complexity index is 566. The molecule has 2 rings (SSSR count). The number of benzene rings is 1. The molecule has 0 fully saturated rings. The number of aryl methyl sites for hydroxylation is 1. The molecule has 0 amide bonds. The van der Waals surface area contributed by atoms with Crippen LogP contribution in [0.25, 0.3) is 0 Å². The summed E-state index contributed by atoms with van der Waals surface area (Å²) in [4.78, 5) is 17.1. The van der Waals surface area contributed by atoms with Crippen molar-refractivity contribution in [2.24, 2.45) is 0 Å². The van der Waals surface area contributed by atoms with Gasteiger partial charge in [-0.25, -0.2) is 9.37 Å². The van der Waals surface area contributed by atoms with Crippen LogP contribution in [0, 0.1) is 12.7 Å². The van der Waals surface area contributed by atoms with Gasteiger partial charge in [0.25, 0.3) is 5.56 Å². The van der Waals surface area contributed by atoms with Gasteiger partial charge in [-0.15, -0.1) is 0 Å². The molecule has 0 atom stereocenters. The molecule has 82 valence electrons. The van der Waals surface area contributed by atoms with Crippen LogP contribution in [0.15, 0.2) is 35.4 Å². The average Bonchev–Trinajstić information content (AvgIpc) is 2.24. The average molecular weight is 220 g/mol. The van der Waals surface area contributed by atoms with E-state index in [2.05, 4.69) is 9.97 Å². The SMILES string of the molecule is Cc1ccc(F)c(Oc2cc(=O)[nH]cn2)c1. The maximum atomic E-state index is 13.3. The van der Waals surface area contributed by atoms with Gasteiger partial charge in [-0.2, -0.15) is 0 Å². The number of hydrogen-bond acceptors (Lipinski definition) is 3. The topological polar surface area (TPSA) is 55.0 Å². The fourth-order valence-electron chi connectivity index (χ4n) is 1.21. The molecular weight excluding hydrogens is 211 g/mol. The highest BCUT2D eigenvalue weighted by molar-refractivity contribution is 5.32. The molecule has 1 heterocycles. The Hall–Kier alpha value is -2.17. The van der Waals surface area contributed by atoms with Crippen LogP contribution in [-0.2, 0) is 0 Å². The van der Waals surface area contributed by atoms with Gasteiger partial charge in [0, 0.05) is 0 Å². The summed E-state index contributed by atoms with van der Waals surface area (Å²) in [5, 5.41) is 0. The van der Waals surface area contributed by atoms with Crippen LogP contribution in [0.4, 0.5) is 4.39 Å². The van der Waals surface area contributed by atoms with Crippen molar-refractivity contribution in [2.45, 2.75) is 6.92 Å². The smallest absolute Gasteiger partial charge is 0.254 e. The molecule has 16 heavy (non-hydrogen) atoms. The molecule has 5 heteroatoms. The van der Waals surface area contributed by atoms with Crippen LogP contribution < -0.4 is 10.3 Å². The van der Waals surface area contributed by atoms with Gasteiger partial charge in [0.15, 0.2) is 11.6 Å². The zero-order valence-electron chi connectivity index (χ0n) is 8.53. The number of H-pyrrole nitrogens is 1. The quantitative estimate of drug-likeness (QED) is 0.842. The van der Waals surface area contributed by atoms with E-state index in [9.17, 15) is 9.18 Å². The first-order valence-electron chi connectivity index (χ1n) is 4.64. The summed E-state index contributed by atoms with van der Waals surface area (Å²) >= 11 is 0. The summed E-state index contributed by atoms with van der Waals surface area (Å²) < 4.78 is 18.5. The van der Waals surface area contributed by atoms with E-state index in [4.69, 9.17) is 4.74 Å². The summed E-state index contributed by atoms with van der Waals surface area (Å²) in [5.41, 5.74) is 0.513. The number of nitrogens with zero attached hydrogens (tertiary/aromatic N) is 1. The van der Waals surface area contributed by atoms with Gasteiger partial charge in [0.1, 0.15) is 0 Å². The van der Waals surface area contributed by atoms with Gasteiger partial charge in [-0.05, 0) is 24.6 Å². The van der Waals surface area contributed by atoms with Crippen LogP contribution in [0.5, 0.6) is 11.6 Å². The Morgan fingerprint density at radius 1 is 1.38 bits per heavy atom. The van der Waals surface area contributed by atoms with Crippen molar-refractivity contribution in [2.75, 3.05) is 0 Å². The molecule has 0 spiro atoms. The van der Waals surface area contributed by atoms with E-state index in [1.54, 1.807) is 6.07 Å². The van der Waals surface area contributed by atoms with Crippen molar-refractivity contribution in [3.05, 3.63) is 52.3 Å². The molecule has 4 nitrogen and oxygen atoms in total. The van der Waals surface area contributed by atoms with Crippen LogP contribution in [0.2, 0.25) is 0 Å². The van der Waals surface area contributed by atoms with Crippen molar-refractivity contribution in [3.8, 4) is 11.6 Å². The fourth-order valence-corrected chi connectivity index (χ4v) is 1.21. The third-order valence-corrected chi connectivity index (χ3v) is 1.95. The number of halogens is 1. The molecule has 2 aromatic rings. The second-order valence-electron chi connectivity index (χ2n) is 3.29. The fraction of sp³-hybridized carbons (Fsp3) is 0.0909.